The Balaban J connectivity index is 2.32. The normalized spacial score (nSPS) is 24.0. The molecule has 3 nitrogen and oxygen atoms in total. The van der Waals surface area contributed by atoms with E-state index < -0.39 is 0 Å². The number of morpholine rings is 1. The van der Waals surface area contributed by atoms with Gasteiger partial charge in [0.1, 0.15) is 0 Å². The number of hydrogen-bond acceptors (Lipinski definition) is 3. The number of nitrogens with zero attached hydrogens (tertiary/aromatic N) is 1. The number of nitrogens with one attached hydrogen (secondary N) is 1. The van der Waals surface area contributed by atoms with Crippen molar-refractivity contribution in [2.45, 2.75) is 46.2 Å². The third-order valence-electron chi connectivity index (χ3n) is 3.25. The highest BCUT2D eigenvalue weighted by Gasteiger charge is 2.20. The largest absolute Gasteiger partial charge is 0.379 e. The third kappa shape index (κ3) is 4.81. The molecule has 3 heteroatoms. The van der Waals surface area contributed by atoms with Crippen molar-refractivity contribution in [1.82, 2.24) is 10.2 Å². The van der Waals surface area contributed by atoms with E-state index in [1.165, 1.54) is 13.0 Å². The fourth-order valence-corrected chi connectivity index (χ4v) is 2.42. The van der Waals surface area contributed by atoms with Crippen molar-refractivity contribution >= 4 is 0 Å². The van der Waals surface area contributed by atoms with Crippen molar-refractivity contribution < 1.29 is 4.74 Å². The molecular formula is C13H28N2O. The summed E-state index contributed by atoms with van der Waals surface area (Å²) >= 11 is 0. The van der Waals surface area contributed by atoms with Gasteiger partial charge in [-0.05, 0) is 25.8 Å². The van der Waals surface area contributed by atoms with E-state index in [1.807, 2.05) is 0 Å². The van der Waals surface area contributed by atoms with Crippen LogP contribution in [0.4, 0.5) is 0 Å². The molecule has 0 spiro atoms. The topological polar surface area (TPSA) is 24.5 Å². The van der Waals surface area contributed by atoms with Crippen LogP contribution in [0.5, 0.6) is 0 Å². The molecule has 0 aliphatic carbocycles. The standard InChI is InChI=1S/C13H28N2O/c1-5-15(9-11(2)3)12(4)8-13-10-16-7-6-14-13/h11-14H,5-10H2,1-4H3. The molecule has 1 N–H and O–H groups in total. The highest BCUT2D eigenvalue weighted by Crippen LogP contribution is 2.11. The summed E-state index contributed by atoms with van der Waals surface area (Å²) in [5.41, 5.74) is 0. The average Bonchev–Trinajstić information content (AvgIpc) is 2.26. The third-order valence-corrected chi connectivity index (χ3v) is 3.25. The predicted molar refractivity (Wildman–Crippen MR) is 68.8 cm³/mol. The van der Waals surface area contributed by atoms with Crippen molar-refractivity contribution in [1.29, 1.82) is 0 Å². The number of hydrogen-bond donors (Lipinski definition) is 1. The van der Waals surface area contributed by atoms with E-state index in [-0.39, 0.29) is 0 Å². The minimum atomic E-state index is 0.546. The lowest BCUT2D eigenvalue weighted by molar-refractivity contribution is 0.0611. The summed E-state index contributed by atoms with van der Waals surface area (Å²) in [7, 11) is 0. The van der Waals surface area contributed by atoms with Gasteiger partial charge in [0.25, 0.3) is 0 Å². The Morgan fingerprint density at radius 3 is 2.62 bits per heavy atom. The maximum atomic E-state index is 5.50. The van der Waals surface area contributed by atoms with E-state index in [1.54, 1.807) is 0 Å². The summed E-state index contributed by atoms with van der Waals surface area (Å²) in [6.07, 6.45) is 1.20. The van der Waals surface area contributed by atoms with E-state index in [9.17, 15) is 0 Å². The Labute approximate surface area is 101 Å². The van der Waals surface area contributed by atoms with E-state index in [0.29, 0.717) is 12.1 Å². The van der Waals surface area contributed by atoms with E-state index in [0.717, 1.165) is 32.2 Å². The molecule has 16 heavy (non-hydrogen) atoms. The van der Waals surface area contributed by atoms with Gasteiger partial charge in [-0.2, -0.15) is 0 Å². The number of ether oxygens (including phenoxy) is 1. The second kappa shape index (κ2) is 7.25. The first-order valence-corrected chi connectivity index (χ1v) is 6.68. The second-order valence-electron chi connectivity index (χ2n) is 5.29. The first-order chi connectivity index (χ1) is 7.63. The summed E-state index contributed by atoms with van der Waals surface area (Å²) in [5, 5.41) is 3.53. The van der Waals surface area contributed by atoms with Crippen molar-refractivity contribution in [2.75, 3.05) is 32.8 Å². The molecule has 0 bridgehead atoms. The van der Waals surface area contributed by atoms with Gasteiger partial charge in [0.2, 0.25) is 0 Å². The maximum Gasteiger partial charge on any atom is 0.0620 e. The average molecular weight is 228 g/mol. The molecule has 1 heterocycles. The van der Waals surface area contributed by atoms with Crippen LogP contribution in [0.15, 0.2) is 0 Å². The fraction of sp³-hybridized carbons (Fsp3) is 1.00. The van der Waals surface area contributed by atoms with Crippen LogP contribution in [0.1, 0.15) is 34.1 Å². The molecule has 0 aromatic heterocycles. The van der Waals surface area contributed by atoms with Gasteiger partial charge in [0.05, 0.1) is 13.2 Å². The van der Waals surface area contributed by atoms with Crippen molar-refractivity contribution in [3.8, 4) is 0 Å². The molecular weight excluding hydrogens is 200 g/mol. The molecule has 96 valence electrons. The Bertz CT molecular complexity index is 179. The Hall–Kier alpha value is -0.120. The van der Waals surface area contributed by atoms with Gasteiger partial charge in [-0.25, -0.2) is 0 Å². The van der Waals surface area contributed by atoms with Crippen LogP contribution >= 0.6 is 0 Å². The molecule has 1 aliphatic rings. The Kier molecular flexibility index (Phi) is 6.32. The van der Waals surface area contributed by atoms with Crippen LogP contribution in [-0.4, -0.2) is 49.8 Å². The summed E-state index contributed by atoms with van der Waals surface area (Å²) < 4.78 is 5.50. The summed E-state index contributed by atoms with van der Waals surface area (Å²) in [5.74, 6) is 0.748. The van der Waals surface area contributed by atoms with E-state index >= 15 is 0 Å². The van der Waals surface area contributed by atoms with Crippen LogP contribution in [0, 0.1) is 5.92 Å². The lowest BCUT2D eigenvalue weighted by Gasteiger charge is -2.33. The molecule has 0 aromatic carbocycles. The van der Waals surface area contributed by atoms with Gasteiger partial charge in [0.15, 0.2) is 0 Å². The van der Waals surface area contributed by atoms with Gasteiger partial charge in [-0.15, -0.1) is 0 Å². The summed E-state index contributed by atoms with van der Waals surface area (Å²) in [6, 6.07) is 1.19. The molecule has 0 aromatic rings. The van der Waals surface area contributed by atoms with Gasteiger partial charge in [0, 0.05) is 25.2 Å². The molecule has 0 saturated carbocycles. The smallest absolute Gasteiger partial charge is 0.0620 e. The summed E-state index contributed by atoms with van der Waals surface area (Å²) in [4.78, 5) is 2.57. The highest BCUT2D eigenvalue weighted by molar-refractivity contribution is 4.77. The predicted octanol–water partition coefficient (Wildman–Crippen LogP) is 1.73. The Morgan fingerprint density at radius 1 is 1.38 bits per heavy atom. The first-order valence-electron chi connectivity index (χ1n) is 6.68. The van der Waals surface area contributed by atoms with Crippen LogP contribution in [-0.2, 0) is 4.74 Å². The first kappa shape index (κ1) is 13.9. The SMILES string of the molecule is CCN(CC(C)C)C(C)CC1COCCN1. The van der Waals surface area contributed by atoms with Crippen molar-refractivity contribution in [2.24, 2.45) is 5.92 Å². The molecule has 0 amide bonds. The van der Waals surface area contributed by atoms with E-state index in [2.05, 4.69) is 37.9 Å². The minimum absolute atomic E-state index is 0.546. The molecule has 1 saturated heterocycles. The molecule has 0 radical (unpaired) electrons. The van der Waals surface area contributed by atoms with Crippen LogP contribution in [0.3, 0.4) is 0 Å². The maximum absolute atomic E-state index is 5.50. The van der Waals surface area contributed by atoms with E-state index in [4.69, 9.17) is 4.74 Å². The van der Waals surface area contributed by atoms with Crippen LogP contribution in [0.25, 0.3) is 0 Å². The van der Waals surface area contributed by atoms with Gasteiger partial charge < -0.3 is 15.0 Å². The zero-order valence-corrected chi connectivity index (χ0v) is 11.3. The molecule has 2 unspecified atom stereocenters. The van der Waals surface area contributed by atoms with Gasteiger partial charge in [-0.1, -0.05) is 20.8 Å². The molecule has 2 atom stereocenters. The van der Waals surface area contributed by atoms with Crippen LogP contribution in [0.2, 0.25) is 0 Å². The van der Waals surface area contributed by atoms with Gasteiger partial charge >= 0.3 is 0 Å². The molecule has 1 aliphatic heterocycles. The summed E-state index contributed by atoms with van der Waals surface area (Å²) in [6.45, 7) is 14.3. The van der Waals surface area contributed by atoms with Crippen LogP contribution < -0.4 is 5.32 Å². The minimum Gasteiger partial charge on any atom is -0.379 e. The lowest BCUT2D eigenvalue weighted by Crippen LogP contribution is -2.46. The quantitative estimate of drug-likeness (QED) is 0.749. The molecule has 1 rings (SSSR count). The highest BCUT2D eigenvalue weighted by atomic mass is 16.5. The lowest BCUT2D eigenvalue weighted by atomic mass is 10.1. The second-order valence-corrected chi connectivity index (χ2v) is 5.29. The fourth-order valence-electron chi connectivity index (χ4n) is 2.42. The number of rotatable bonds is 6. The van der Waals surface area contributed by atoms with Crippen molar-refractivity contribution in [3.63, 3.8) is 0 Å². The van der Waals surface area contributed by atoms with Gasteiger partial charge in [-0.3, -0.25) is 0 Å². The Morgan fingerprint density at radius 2 is 2.12 bits per heavy atom. The van der Waals surface area contributed by atoms with Crippen molar-refractivity contribution in [3.05, 3.63) is 0 Å². The monoisotopic (exact) mass is 228 g/mol. The zero-order valence-electron chi connectivity index (χ0n) is 11.3. The molecule has 1 fully saturated rings. The zero-order chi connectivity index (χ0) is 12.0.